The van der Waals surface area contributed by atoms with Gasteiger partial charge in [-0.15, -0.1) is 21.5 Å². The van der Waals surface area contributed by atoms with Gasteiger partial charge >= 0.3 is 0 Å². The van der Waals surface area contributed by atoms with Gasteiger partial charge in [-0.1, -0.05) is 18.2 Å². The zero-order chi connectivity index (χ0) is 19.7. The molecule has 0 bridgehead atoms. The SMILES string of the molecule is COc1ccsc1-c1nnc(-c2nc(-c3ccccc3S(C)=O)cnc2C)o1. The molecule has 0 amide bonds. The molecule has 4 rings (SSSR count). The Morgan fingerprint density at radius 3 is 2.71 bits per heavy atom. The number of aromatic nitrogens is 4. The molecule has 3 aromatic heterocycles. The van der Waals surface area contributed by atoms with Crippen molar-refractivity contribution >= 4 is 22.1 Å². The van der Waals surface area contributed by atoms with Gasteiger partial charge in [0.05, 0.1) is 35.5 Å². The van der Waals surface area contributed by atoms with Crippen LogP contribution in [0.15, 0.2) is 51.2 Å². The average molecular weight is 412 g/mol. The van der Waals surface area contributed by atoms with Crippen molar-refractivity contribution in [3.8, 4) is 39.4 Å². The molecule has 0 spiro atoms. The van der Waals surface area contributed by atoms with E-state index in [0.29, 0.717) is 33.6 Å². The molecule has 4 aromatic rings. The number of thiophene rings is 1. The maximum Gasteiger partial charge on any atom is 0.268 e. The number of aryl methyl sites for hydroxylation is 1. The number of hydrogen-bond acceptors (Lipinski definition) is 8. The van der Waals surface area contributed by atoms with Crippen LogP contribution in [0.1, 0.15) is 5.69 Å². The molecule has 3 heterocycles. The van der Waals surface area contributed by atoms with Crippen LogP contribution >= 0.6 is 11.3 Å². The Kier molecular flexibility index (Phi) is 5.01. The summed E-state index contributed by atoms with van der Waals surface area (Å²) in [5.74, 6) is 1.31. The van der Waals surface area contributed by atoms with E-state index in [1.165, 1.54) is 11.3 Å². The number of methoxy groups -OCH3 is 1. The highest BCUT2D eigenvalue weighted by atomic mass is 32.2. The van der Waals surface area contributed by atoms with Crippen molar-refractivity contribution in [2.75, 3.05) is 13.4 Å². The van der Waals surface area contributed by atoms with Gasteiger partial charge in [-0.25, -0.2) is 4.98 Å². The summed E-state index contributed by atoms with van der Waals surface area (Å²) in [7, 11) is 0.445. The largest absolute Gasteiger partial charge is 0.495 e. The minimum atomic E-state index is -1.15. The van der Waals surface area contributed by atoms with Crippen molar-refractivity contribution in [2.24, 2.45) is 0 Å². The predicted molar refractivity (Wildman–Crippen MR) is 108 cm³/mol. The van der Waals surface area contributed by atoms with Crippen molar-refractivity contribution in [2.45, 2.75) is 11.8 Å². The molecule has 0 saturated carbocycles. The number of rotatable bonds is 5. The summed E-state index contributed by atoms with van der Waals surface area (Å²) >= 11 is 1.45. The normalized spacial score (nSPS) is 12.1. The topological polar surface area (TPSA) is 91.0 Å². The number of benzene rings is 1. The van der Waals surface area contributed by atoms with E-state index in [2.05, 4.69) is 20.2 Å². The number of hydrogen-bond donors (Lipinski definition) is 0. The van der Waals surface area contributed by atoms with Crippen molar-refractivity contribution in [1.29, 1.82) is 0 Å². The first-order valence-electron chi connectivity index (χ1n) is 8.30. The fourth-order valence-corrected chi connectivity index (χ4v) is 4.27. The van der Waals surface area contributed by atoms with E-state index < -0.39 is 10.8 Å². The van der Waals surface area contributed by atoms with Crippen LogP contribution in [-0.4, -0.2) is 37.7 Å². The lowest BCUT2D eigenvalue weighted by Gasteiger charge is -2.08. The van der Waals surface area contributed by atoms with Crippen LogP contribution in [0.5, 0.6) is 5.75 Å². The van der Waals surface area contributed by atoms with Crippen LogP contribution in [0.3, 0.4) is 0 Å². The average Bonchev–Trinajstić information content (AvgIpc) is 3.37. The first-order valence-corrected chi connectivity index (χ1v) is 10.7. The lowest BCUT2D eigenvalue weighted by Crippen LogP contribution is -1.98. The molecular formula is C19H16N4O3S2. The van der Waals surface area contributed by atoms with Crippen LogP contribution in [0, 0.1) is 6.92 Å². The third-order valence-corrected chi connectivity index (χ3v) is 5.96. The van der Waals surface area contributed by atoms with E-state index >= 15 is 0 Å². The maximum atomic E-state index is 12.1. The summed E-state index contributed by atoms with van der Waals surface area (Å²) < 4.78 is 23.2. The Balaban J connectivity index is 1.78. The molecule has 1 aromatic carbocycles. The highest BCUT2D eigenvalue weighted by Crippen LogP contribution is 2.36. The monoisotopic (exact) mass is 412 g/mol. The smallest absolute Gasteiger partial charge is 0.268 e. The third kappa shape index (κ3) is 3.34. The van der Waals surface area contributed by atoms with Gasteiger partial charge < -0.3 is 9.15 Å². The quantitative estimate of drug-likeness (QED) is 0.490. The Morgan fingerprint density at radius 1 is 1.14 bits per heavy atom. The second-order valence-electron chi connectivity index (χ2n) is 5.87. The van der Waals surface area contributed by atoms with E-state index in [1.807, 2.05) is 42.6 Å². The van der Waals surface area contributed by atoms with E-state index in [1.54, 1.807) is 19.6 Å². The molecule has 0 radical (unpaired) electrons. The summed E-state index contributed by atoms with van der Waals surface area (Å²) in [6.45, 7) is 1.82. The van der Waals surface area contributed by atoms with Crippen LogP contribution in [0.4, 0.5) is 0 Å². The molecule has 0 fully saturated rings. The number of ether oxygens (including phenoxy) is 1. The standard InChI is InChI=1S/C19H16N4O3S2/c1-11-16(18-22-23-19(26-18)17-14(25-2)8-9-27-17)21-13(10-20-11)12-6-4-5-7-15(12)28(3)24/h4-10H,1-3H3. The Hall–Kier alpha value is -2.91. The van der Waals surface area contributed by atoms with E-state index in [4.69, 9.17) is 9.15 Å². The molecule has 7 nitrogen and oxygen atoms in total. The fourth-order valence-electron chi connectivity index (χ4n) is 2.74. The number of nitrogens with zero attached hydrogens (tertiary/aromatic N) is 4. The van der Waals surface area contributed by atoms with Crippen LogP contribution < -0.4 is 4.74 Å². The highest BCUT2D eigenvalue weighted by molar-refractivity contribution is 7.84. The first kappa shape index (κ1) is 18.5. The highest BCUT2D eigenvalue weighted by Gasteiger charge is 2.20. The fraction of sp³-hybridized carbons (Fsp3) is 0.158. The van der Waals surface area contributed by atoms with Gasteiger partial charge in [0.1, 0.15) is 16.3 Å². The summed E-state index contributed by atoms with van der Waals surface area (Å²) in [5.41, 5.74) is 2.51. The van der Waals surface area contributed by atoms with Crippen molar-refractivity contribution in [3.63, 3.8) is 0 Å². The second kappa shape index (κ2) is 7.61. The molecular weight excluding hydrogens is 396 g/mol. The van der Waals surface area contributed by atoms with Gasteiger partial charge in [-0.2, -0.15) is 0 Å². The second-order valence-corrected chi connectivity index (χ2v) is 8.13. The van der Waals surface area contributed by atoms with E-state index in [-0.39, 0.29) is 5.89 Å². The summed E-state index contributed by atoms with van der Waals surface area (Å²) in [6, 6.07) is 9.26. The maximum absolute atomic E-state index is 12.1. The van der Waals surface area contributed by atoms with Gasteiger partial charge in [0.2, 0.25) is 0 Å². The zero-order valence-corrected chi connectivity index (χ0v) is 17.0. The van der Waals surface area contributed by atoms with Gasteiger partial charge in [0, 0.05) is 16.7 Å². The minimum absolute atomic E-state index is 0.271. The lowest BCUT2D eigenvalue weighted by atomic mass is 10.1. The molecule has 1 atom stereocenters. The molecule has 0 aliphatic carbocycles. The summed E-state index contributed by atoms with van der Waals surface area (Å²) in [5, 5.41) is 10.2. The van der Waals surface area contributed by atoms with Crippen LogP contribution in [0.2, 0.25) is 0 Å². The molecule has 28 heavy (non-hydrogen) atoms. The zero-order valence-electron chi connectivity index (χ0n) is 15.4. The molecule has 1 unspecified atom stereocenters. The third-order valence-electron chi connectivity index (χ3n) is 4.10. The Labute approximate surface area is 167 Å². The van der Waals surface area contributed by atoms with Crippen molar-refractivity contribution < 1.29 is 13.4 Å². The minimum Gasteiger partial charge on any atom is -0.495 e. The predicted octanol–water partition coefficient (Wildman–Crippen LogP) is 3.98. The molecule has 0 aliphatic heterocycles. The molecule has 0 N–H and O–H groups in total. The van der Waals surface area contributed by atoms with Gasteiger partial charge in [0.15, 0.2) is 0 Å². The van der Waals surface area contributed by atoms with Crippen molar-refractivity contribution in [3.05, 3.63) is 47.6 Å². The molecule has 0 saturated heterocycles. The molecule has 9 heteroatoms. The van der Waals surface area contributed by atoms with E-state index in [0.717, 1.165) is 10.4 Å². The Bertz CT molecular complexity index is 1170. The van der Waals surface area contributed by atoms with Crippen LogP contribution in [0.25, 0.3) is 33.6 Å². The van der Waals surface area contributed by atoms with Gasteiger partial charge in [0.25, 0.3) is 11.8 Å². The first-order chi connectivity index (χ1) is 13.6. The molecule has 142 valence electrons. The van der Waals surface area contributed by atoms with Crippen LogP contribution in [-0.2, 0) is 10.8 Å². The summed E-state index contributed by atoms with van der Waals surface area (Å²) in [4.78, 5) is 10.6. The van der Waals surface area contributed by atoms with Gasteiger partial charge in [-0.3, -0.25) is 9.19 Å². The van der Waals surface area contributed by atoms with E-state index in [9.17, 15) is 4.21 Å². The molecule has 0 aliphatic rings. The summed E-state index contributed by atoms with van der Waals surface area (Å²) in [6.07, 6.45) is 3.30. The Morgan fingerprint density at radius 2 is 1.93 bits per heavy atom. The van der Waals surface area contributed by atoms with Gasteiger partial charge in [-0.05, 0) is 24.4 Å². The van der Waals surface area contributed by atoms with Crippen molar-refractivity contribution in [1.82, 2.24) is 20.2 Å². The lowest BCUT2D eigenvalue weighted by molar-refractivity contribution is 0.416.